The molecule has 1 aromatic heterocycles. The molecule has 1 aromatic rings. The van der Waals surface area contributed by atoms with E-state index in [0.717, 1.165) is 6.42 Å². The first-order valence-corrected chi connectivity index (χ1v) is 5.95. The molecule has 1 heterocycles. The quantitative estimate of drug-likeness (QED) is 0.854. The lowest BCUT2D eigenvalue weighted by molar-refractivity contribution is 0.00718. The van der Waals surface area contributed by atoms with Crippen LogP contribution in [0.25, 0.3) is 0 Å². The summed E-state index contributed by atoms with van der Waals surface area (Å²) < 4.78 is 10.6. The highest BCUT2D eigenvalue weighted by molar-refractivity contribution is 4.96. The van der Waals surface area contributed by atoms with E-state index in [9.17, 15) is 0 Å². The van der Waals surface area contributed by atoms with Crippen LogP contribution >= 0.6 is 0 Å². The molecule has 2 unspecified atom stereocenters. The van der Waals surface area contributed by atoms with Crippen LogP contribution in [0.3, 0.4) is 0 Å². The zero-order valence-corrected chi connectivity index (χ0v) is 11.4. The number of nitrogens with zero attached hydrogens (tertiary/aromatic N) is 2. The molecule has 2 atom stereocenters. The third-order valence-corrected chi connectivity index (χ3v) is 2.55. The number of rotatable bonds is 5. The molecule has 0 radical (unpaired) electrons. The van der Waals surface area contributed by atoms with Gasteiger partial charge < -0.3 is 15.0 Å². The van der Waals surface area contributed by atoms with Gasteiger partial charge in [-0.3, -0.25) is 0 Å². The van der Waals surface area contributed by atoms with Crippen molar-refractivity contribution in [1.29, 1.82) is 0 Å². The lowest BCUT2D eigenvalue weighted by Gasteiger charge is -2.26. The van der Waals surface area contributed by atoms with E-state index in [1.165, 1.54) is 0 Å². The van der Waals surface area contributed by atoms with Crippen LogP contribution in [0.2, 0.25) is 0 Å². The zero-order chi connectivity index (χ0) is 13.1. The molecule has 2 N–H and O–H groups in total. The van der Waals surface area contributed by atoms with Crippen molar-refractivity contribution >= 4 is 0 Å². The highest BCUT2D eigenvalue weighted by atomic mass is 16.5. The Morgan fingerprint density at radius 3 is 2.53 bits per heavy atom. The Kier molecular flexibility index (Phi) is 4.65. The van der Waals surface area contributed by atoms with E-state index in [0.29, 0.717) is 18.1 Å². The fourth-order valence-electron chi connectivity index (χ4n) is 1.67. The normalized spacial score (nSPS) is 15.9. The van der Waals surface area contributed by atoms with Gasteiger partial charge >= 0.3 is 0 Å². The largest absolute Gasteiger partial charge is 0.373 e. The van der Waals surface area contributed by atoms with Crippen LogP contribution in [-0.4, -0.2) is 23.3 Å². The molecule has 5 heteroatoms. The minimum Gasteiger partial charge on any atom is -0.373 e. The second-order valence-electron chi connectivity index (χ2n) is 5.54. The van der Waals surface area contributed by atoms with Crippen molar-refractivity contribution in [2.45, 2.75) is 52.7 Å². The van der Waals surface area contributed by atoms with Crippen LogP contribution in [0.5, 0.6) is 0 Å². The van der Waals surface area contributed by atoms with E-state index in [4.69, 9.17) is 15.0 Å². The van der Waals surface area contributed by atoms with Gasteiger partial charge in [0.1, 0.15) is 6.10 Å². The van der Waals surface area contributed by atoms with E-state index in [-0.39, 0.29) is 17.6 Å². The van der Waals surface area contributed by atoms with E-state index in [1.807, 2.05) is 6.92 Å². The number of hydrogen-bond donors (Lipinski definition) is 1. The van der Waals surface area contributed by atoms with E-state index in [2.05, 4.69) is 30.9 Å². The van der Waals surface area contributed by atoms with Crippen molar-refractivity contribution in [2.24, 2.45) is 11.1 Å². The van der Waals surface area contributed by atoms with Crippen molar-refractivity contribution in [3.8, 4) is 0 Å². The Balaban J connectivity index is 2.72. The number of methoxy groups -OCH3 is 1. The van der Waals surface area contributed by atoms with Crippen LogP contribution in [-0.2, 0) is 11.2 Å². The minimum atomic E-state index is -0.157. The van der Waals surface area contributed by atoms with Crippen molar-refractivity contribution < 1.29 is 9.26 Å². The van der Waals surface area contributed by atoms with Gasteiger partial charge in [0.2, 0.25) is 11.7 Å². The maximum absolute atomic E-state index is 5.69. The van der Waals surface area contributed by atoms with Crippen molar-refractivity contribution in [3.63, 3.8) is 0 Å². The summed E-state index contributed by atoms with van der Waals surface area (Å²) in [5.74, 6) is 1.24. The number of aryl methyl sites for hydroxylation is 1. The number of hydrogen-bond acceptors (Lipinski definition) is 5. The highest BCUT2D eigenvalue weighted by Gasteiger charge is 2.30. The van der Waals surface area contributed by atoms with Crippen molar-refractivity contribution in [2.75, 3.05) is 7.11 Å². The van der Waals surface area contributed by atoms with Crippen LogP contribution in [0.15, 0.2) is 4.52 Å². The third-order valence-electron chi connectivity index (χ3n) is 2.55. The second kappa shape index (κ2) is 5.60. The topological polar surface area (TPSA) is 74.2 Å². The molecule has 0 spiro atoms. The van der Waals surface area contributed by atoms with Gasteiger partial charge in [-0.1, -0.05) is 25.9 Å². The number of aromatic nitrogens is 2. The van der Waals surface area contributed by atoms with Crippen LogP contribution < -0.4 is 5.73 Å². The summed E-state index contributed by atoms with van der Waals surface area (Å²) in [6.45, 7) is 8.21. The first kappa shape index (κ1) is 14.1. The molecule has 0 fully saturated rings. The van der Waals surface area contributed by atoms with E-state index in [1.54, 1.807) is 7.11 Å². The molecule has 1 rings (SSSR count). The Morgan fingerprint density at radius 1 is 1.41 bits per heavy atom. The Morgan fingerprint density at radius 2 is 2.06 bits per heavy atom. The summed E-state index contributed by atoms with van der Waals surface area (Å²) in [5, 5.41) is 3.98. The van der Waals surface area contributed by atoms with Crippen LogP contribution in [0.1, 0.15) is 51.9 Å². The molecular weight excluding hydrogens is 218 g/mol. The average molecular weight is 241 g/mol. The lowest BCUT2D eigenvalue weighted by atomic mass is 9.88. The first-order valence-electron chi connectivity index (χ1n) is 5.95. The monoisotopic (exact) mass is 241 g/mol. The van der Waals surface area contributed by atoms with Crippen molar-refractivity contribution in [3.05, 3.63) is 11.7 Å². The minimum absolute atomic E-state index is 0.0585. The molecule has 17 heavy (non-hydrogen) atoms. The van der Waals surface area contributed by atoms with Crippen LogP contribution in [0, 0.1) is 5.41 Å². The molecule has 0 aromatic carbocycles. The van der Waals surface area contributed by atoms with Gasteiger partial charge in [-0.2, -0.15) is 4.98 Å². The number of ether oxygens (including phenoxy) is 1. The molecule has 0 amide bonds. The van der Waals surface area contributed by atoms with Gasteiger partial charge in [-0.25, -0.2) is 0 Å². The number of nitrogens with two attached hydrogens (primary N) is 1. The van der Waals surface area contributed by atoms with Gasteiger partial charge in [-0.15, -0.1) is 0 Å². The fourth-order valence-corrected chi connectivity index (χ4v) is 1.67. The Bertz CT molecular complexity index is 342. The summed E-state index contributed by atoms with van der Waals surface area (Å²) in [6, 6.07) is 0.145. The highest BCUT2D eigenvalue weighted by Crippen LogP contribution is 2.33. The molecule has 98 valence electrons. The zero-order valence-electron chi connectivity index (χ0n) is 11.4. The molecule has 0 aliphatic carbocycles. The molecule has 0 aliphatic heterocycles. The first-order chi connectivity index (χ1) is 7.84. The second-order valence-corrected chi connectivity index (χ2v) is 5.54. The lowest BCUT2D eigenvalue weighted by Crippen LogP contribution is -2.21. The molecule has 0 bridgehead atoms. The summed E-state index contributed by atoms with van der Waals surface area (Å²) in [6.07, 6.45) is 1.40. The van der Waals surface area contributed by atoms with Gasteiger partial charge in [0, 0.05) is 19.6 Å². The summed E-state index contributed by atoms with van der Waals surface area (Å²) >= 11 is 0. The van der Waals surface area contributed by atoms with E-state index >= 15 is 0 Å². The molecular formula is C12H23N3O2. The fraction of sp³-hybridized carbons (Fsp3) is 0.833. The summed E-state index contributed by atoms with van der Waals surface area (Å²) in [7, 11) is 1.66. The predicted molar refractivity (Wildman–Crippen MR) is 65.5 cm³/mol. The Hall–Kier alpha value is -0.940. The molecule has 0 saturated carbocycles. The molecule has 5 nitrogen and oxygen atoms in total. The van der Waals surface area contributed by atoms with Gasteiger partial charge in [-0.05, 0) is 18.8 Å². The SMILES string of the molecule is COC(c1noc(CCC(C)N)n1)C(C)(C)C. The molecule has 0 saturated heterocycles. The van der Waals surface area contributed by atoms with Crippen LogP contribution in [0.4, 0.5) is 0 Å². The Labute approximate surface area is 103 Å². The third kappa shape index (κ3) is 4.09. The standard InChI is InChI=1S/C12H23N3O2/c1-8(13)6-7-9-14-11(15-17-9)10(16-5)12(2,3)4/h8,10H,6-7,13H2,1-5H3. The molecule has 0 aliphatic rings. The maximum Gasteiger partial charge on any atom is 0.226 e. The summed E-state index contributed by atoms with van der Waals surface area (Å²) in [5.41, 5.74) is 5.63. The summed E-state index contributed by atoms with van der Waals surface area (Å²) in [4.78, 5) is 4.36. The van der Waals surface area contributed by atoms with Gasteiger partial charge in [0.15, 0.2) is 0 Å². The predicted octanol–water partition coefficient (Wildman–Crippen LogP) is 2.08. The van der Waals surface area contributed by atoms with Crippen molar-refractivity contribution in [1.82, 2.24) is 10.1 Å². The van der Waals surface area contributed by atoms with Gasteiger partial charge in [0.25, 0.3) is 0 Å². The van der Waals surface area contributed by atoms with E-state index < -0.39 is 0 Å². The smallest absolute Gasteiger partial charge is 0.226 e. The van der Waals surface area contributed by atoms with Gasteiger partial charge in [0.05, 0.1) is 0 Å². The maximum atomic E-state index is 5.69. The average Bonchev–Trinajstić information content (AvgIpc) is 2.62.